The number of alkyl halides is 2. The van der Waals surface area contributed by atoms with Crippen molar-refractivity contribution in [3.05, 3.63) is 26.9 Å². The van der Waals surface area contributed by atoms with Gasteiger partial charge in [0.05, 0.1) is 4.47 Å². The van der Waals surface area contributed by atoms with Crippen molar-refractivity contribution in [1.29, 1.82) is 0 Å². The van der Waals surface area contributed by atoms with Crippen molar-refractivity contribution in [3.63, 3.8) is 0 Å². The zero-order valence-electron chi connectivity index (χ0n) is 6.11. The molecule has 0 aliphatic heterocycles. The van der Waals surface area contributed by atoms with Crippen LogP contribution in [0.1, 0.15) is 17.7 Å². The molecule has 0 atom stereocenters. The Morgan fingerprint density at radius 1 is 1.58 bits per heavy atom. The zero-order chi connectivity index (χ0) is 9.30. The summed E-state index contributed by atoms with van der Waals surface area (Å²) in [6.07, 6.45) is -2.51. The van der Waals surface area contributed by atoms with Gasteiger partial charge in [-0.2, -0.15) is 0 Å². The SMILES string of the molecule is Cc1nc(Cl)c(Br)cc1C(F)F. The maximum Gasteiger partial charge on any atom is 0.265 e. The van der Waals surface area contributed by atoms with E-state index in [9.17, 15) is 8.78 Å². The summed E-state index contributed by atoms with van der Waals surface area (Å²) in [5, 5.41) is 0.205. The first kappa shape index (κ1) is 9.86. The van der Waals surface area contributed by atoms with Crippen molar-refractivity contribution in [3.8, 4) is 0 Å². The Balaban J connectivity index is 3.23. The molecule has 1 aromatic rings. The summed E-state index contributed by atoms with van der Waals surface area (Å²) < 4.78 is 24.9. The molecule has 0 bridgehead atoms. The molecule has 1 nitrogen and oxygen atoms in total. The topological polar surface area (TPSA) is 12.9 Å². The average Bonchev–Trinajstić information content (AvgIpc) is 1.96. The average molecular weight is 256 g/mol. The number of pyridine rings is 1. The highest BCUT2D eigenvalue weighted by Gasteiger charge is 2.13. The summed E-state index contributed by atoms with van der Waals surface area (Å²) in [4.78, 5) is 3.73. The van der Waals surface area contributed by atoms with Crippen molar-refractivity contribution in [2.75, 3.05) is 0 Å². The first-order valence-electron chi connectivity index (χ1n) is 3.13. The molecule has 1 rings (SSSR count). The Morgan fingerprint density at radius 3 is 2.67 bits per heavy atom. The van der Waals surface area contributed by atoms with Crippen molar-refractivity contribution >= 4 is 27.5 Å². The van der Waals surface area contributed by atoms with Gasteiger partial charge >= 0.3 is 0 Å². The summed E-state index contributed by atoms with van der Waals surface area (Å²) in [5.74, 6) is 0. The molecular formula is C7H5BrClF2N. The van der Waals surface area contributed by atoms with E-state index in [1.54, 1.807) is 0 Å². The van der Waals surface area contributed by atoms with Gasteiger partial charge in [-0.1, -0.05) is 11.6 Å². The molecule has 1 aromatic heterocycles. The van der Waals surface area contributed by atoms with Crippen LogP contribution in [0.4, 0.5) is 8.78 Å². The minimum Gasteiger partial charge on any atom is -0.240 e. The molecule has 0 fully saturated rings. The summed E-state index contributed by atoms with van der Waals surface area (Å²) in [7, 11) is 0. The van der Waals surface area contributed by atoms with E-state index in [0.29, 0.717) is 4.47 Å². The molecule has 12 heavy (non-hydrogen) atoms. The van der Waals surface area contributed by atoms with E-state index >= 15 is 0 Å². The van der Waals surface area contributed by atoms with Gasteiger partial charge in [-0.05, 0) is 28.9 Å². The predicted molar refractivity (Wildman–Crippen MR) is 46.6 cm³/mol. The monoisotopic (exact) mass is 255 g/mol. The van der Waals surface area contributed by atoms with Gasteiger partial charge < -0.3 is 0 Å². The first-order chi connectivity index (χ1) is 5.52. The molecule has 0 aromatic carbocycles. The van der Waals surface area contributed by atoms with E-state index in [4.69, 9.17) is 11.6 Å². The molecule has 0 saturated carbocycles. The van der Waals surface area contributed by atoms with Crippen LogP contribution in [0, 0.1) is 6.92 Å². The molecule has 0 N–H and O–H groups in total. The fourth-order valence-electron chi connectivity index (χ4n) is 0.787. The van der Waals surface area contributed by atoms with Crippen LogP contribution in [0.2, 0.25) is 5.15 Å². The van der Waals surface area contributed by atoms with Crippen LogP contribution in [0.15, 0.2) is 10.5 Å². The molecule has 1 heterocycles. The van der Waals surface area contributed by atoms with Crippen LogP contribution < -0.4 is 0 Å². The summed E-state index contributed by atoms with van der Waals surface area (Å²) in [6.45, 7) is 1.50. The lowest BCUT2D eigenvalue weighted by atomic mass is 10.2. The number of aryl methyl sites for hydroxylation is 1. The molecule has 0 aliphatic carbocycles. The maximum atomic E-state index is 12.2. The van der Waals surface area contributed by atoms with E-state index in [1.165, 1.54) is 13.0 Å². The second-order valence-corrected chi connectivity index (χ2v) is 3.45. The molecule has 0 unspecified atom stereocenters. The van der Waals surface area contributed by atoms with Gasteiger partial charge in [-0.15, -0.1) is 0 Å². The molecule has 0 aliphatic rings. The highest BCUT2D eigenvalue weighted by atomic mass is 79.9. The van der Waals surface area contributed by atoms with Crippen LogP contribution >= 0.6 is 27.5 Å². The van der Waals surface area contributed by atoms with Crippen LogP contribution in [0.3, 0.4) is 0 Å². The van der Waals surface area contributed by atoms with Crippen molar-refractivity contribution < 1.29 is 8.78 Å². The van der Waals surface area contributed by atoms with E-state index in [1.807, 2.05) is 0 Å². The van der Waals surface area contributed by atoms with E-state index in [2.05, 4.69) is 20.9 Å². The Kier molecular flexibility index (Phi) is 3.01. The van der Waals surface area contributed by atoms with Gasteiger partial charge in [0.15, 0.2) is 0 Å². The normalized spacial score (nSPS) is 10.8. The number of aromatic nitrogens is 1. The first-order valence-corrected chi connectivity index (χ1v) is 4.30. The standard InChI is InChI=1S/C7H5BrClF2N/c1-3-4(7(10)11)2-5(8)6(9)12-3/h2,7H,1H3. The molecule has 0 spiro atoms. The molecule has 66 valence electrons. The predicted octanol–water partition coefficient (Wildman–Crippen LogP) is 3.74. The van der Waals surface area contributed by atoms with Gasteiger partial charge in [-0.3, -0.25) is 0 Å². The van der Waals surface area contributed by atoms with Crippen molar-refractivity contribution in [1.82, 2.24) is 4.98 Å². The molecular weight excluding hydrogens is 251 g/mol. The smallest absolute Gasteiger partial charge is 0.240 e. The van der Waals surface area contributed by atoms with Crippen molar-refractivity contribution in [2.24, 2.45) is 0 Å². The third kappa shape index (κ3) is 1.93. The number of halogens is 4. The molecule has 5 heteroatoms. The Morgan fingerprint density at radius 2 is 2.17 bits per heavy atom. The van der Waals surface area contributed by atoms with E-state index in [0.717, 1.165) is 0 Å². The summed E-state index contributed by atoms with van der Waals surface area (Å²) in [5.41, 5.74) is 0.171. The van der Waals surface area contributed by atoms with Gasteiger partial charge in [-0.25, -0.2) is 13.8 Å². The lowest BCUT2D eigenvalue weighted by Gasteiger charge is -2.04. The molecule has 0 saturated heterocycles. The van der Waals surface area contributed by atoms with Crippen LogP contribution in [0.5, 0.6) is 0 Å². The number of nitrogens with zero attached hydrogens (tertiary/aromatic N) is 1. The second-order valence-electron chi connectivity index (χ2n) is 2.24. The largest absolute Gasteiger partial charge is 0.265 e. The van der Waals surface area contributed by atoms with Crippen LogP contribution in [-0.2, 0) is 0 Å². The van der Waals surface area contributed by atoms with E-state index in [-0.39, 0.29) is 16.4 Å². The number of rotatable bonds is 1. The van der Waals surface area contributed by atoms with Gasteiger partial charge in [0, 0.05) is 11.3 Å². The van der Waals surface area contributed by atoms with Gasteiger partial charge in [0.2, 0.25) is 0 Å². The number of hydrogen-bond acceptors (Lipinski definition) is 1. The third-order valence-corrected chi connectivity index (χ3v) is 2.52. The van der Waals surface area contributed by atoms with E-state index < -0.39 is 6.43 Å². The lowest BCUT2D eigenvalue weighted by Crippen LogP contribution is -1.93. The quantitative estimate of drug-likeness (QED) is 0.698. The van der Waals surface area contributed by atoms with Crippen molar-refractivity contribution in [2.45, 2.75) is 13.3 Å². The second kappa shape index (κ2) is 3.66. The maximum absolute atomic E-state index is 12.2. The fraction of sp³-hybridized carbons (Fsp3) is 0.286. The summed E-state index contributed by atoms with van der Waals surface area (Å²) >= 11 is 8.61. The molecule has 0 radical (unpaired) electrons. The Bertz CT molecular complexity index is 304. The highest BCUT2D eigenvalue weighted by molar-refractivity contribution is 9.10. The minimum atomic E-state index is -2.51. The van der Waals surface area contributed by atoms with Gasteiger partial charge in [0.1, 0.15) is 5.15 Å². The molecule has 0 amide bonds. The third-order valence-electron chi connectivity index (χ3n) is 1.40. The van der Waals surface area contributed by atoms with Crippen LogP contribution in [-0.4, -0.2) is 4.98 Å². The zero-order valence-corrected chi connectivity index (χ0v) is 8.46. The van der Waals surface area contributed by atoms with Crippen LogP contribution in [0.25, 0.3) is 0 Å². The summed E-state index contributed by atoms with van der Waals surface area (Å²) in [6, 6.07) is 1.29. The minimum absolute atomic E-state index is 0.0914. The fourth-order valence-corrected chi connectivity index (χ4v) is 1.30. The van der Waals surface area contributed by atoms with Gasteiger partial charge in [0.25, 0.3) is 6.43 Å². The highest BCUT2D eigenvalue weighted by Crippen LogP contribution is 2.28. The Hall–Kier alpha value is -0.220. The number of hydrogen-bond donors (Lipinski definition) is 0. The lowest BCUT2D eigenvalue weighted by molar-refractivity contribution is 0.150. The Labute approximate surface area is 81.9 Å².